The van der Waals surface area contributed by atoms with E-state index >= 15 is 0 Å². The van der Waals surface area contributed by atoms with Crippen molar-refractivity contribution in [1.29, 1.82) is 0 Å². The lowest BCUT2D eigenvalue weighted by atomic mass is 10.1. The van der Waals surface area contributed by atoms with E-state index in [-0.39, 0.29) is 10.6 Å². The fourth-order valence-corrected chi connectivity index (χ4v) is 2.49. The monoisotopic (exact) mass is 359 g/mol. The van der Waals surface area contributed by atoms with Crippen LogP contribution in [0.4, 0.5) is 11.4 Å². The summed E-state index contributed by atoms with van der Waals surface area (Å²) in [5, 5.41) is 17.2. The van der Waals surface area contributed by atoms with E-state index < -0.39 is 0 Å². The molecule has 0 saturated heterocycles. The van der Waals surface area contributed by atoms with E-state index in [1.165, 1.54) is 11.6 Å². The Kier molecular flexibility index (Phi) is 4.54. The highest BCUT2D eigenvalue weighted by atomic mass is 127. The van der Waals surface area contributed by atoms with Crippen molar-refractivity contribution >= 4 is 34.0 Å². The fourth-order valence-electron chi connectivity index (χ4n) is 1.80. The number of non-ortho nitro benzene ring substituents is 1. The molecule has 1 heterocycles. The number of benzene rings is 1. The molecule has 5 nitrogen and oxygen atoms in total. The van der Waals surface area contributed by atoms with Crippen LogP contribution in [0.1, 0.15) is 6.42 Å². The predicted octanol–water partition coefficient (Wildman–Crippen LogP) is 2.53. The first-order valence-corrected chi connectivity index (χ1v) is 6.81. The Hall–Kier alpha value is -1.15. The molecule has 18 heavy (non-hydrogen) atoms. The quantitative estimate of drug-likeness (QED) is 0.375. The molecule has 1 aliphatic rings. The van der Waals surface area contributed by atoms with E-state index in [4.69, 9.17) is 0 Å². The van der Waals surface area contributed by atoms with E-state index in [1.54, 1.807) is 12.1 Å². The highest BCUT2D eigenvalue weighted by Crippen LogP contribution is 2.24. The second kappa shape index (κ2) is 6.14. The molecule has 0 unspecified atom stereocenters. The molecule has 0 amide bonds. The van der Waals surface area contributed by atoms with Crippen LogP contribution in [0.25, 0.3) is 0 Å². The lowest BCUT2D eigenvalue weighted by Gasteiger charge is -2.15. The molecule has 6 heteroatoms. The van der Waals surface area contributed by atoms with Crippen LogP contribution in [0, 0.1) is 13.7 Å². The molecule has 0 fully saturated rings. The number of nitro groups is 1. The summed E-state index contributed by atoms with van der Waals surface area (Å²) in [6, 6.07) is 4.88. The van der Waals surface area contributed by atoms with Gasteiger partial charge in [0, 0.05) is 34.5 Å². The first-order valence-electron chi connectivity index (χ1n) is 5.73. The van der Waals surface area contributed by atoms with Gasteiger partial charge in [0.05, 0.1) is 4.92 Å². The molecule has 0 saturated carbocycles. The van der Waals surface area contributed by atoms with Crippen molar-refractivity contribution in [2.75, 3.05) is 25.0 Å². The zero-order chi connectivity index (χ0) is 13.0. The maximum absolute atomic E-state index is 10.6. The molecule has 0 aliphatic carbocycles. The van der Waals surface area contributed by atoms with Crippen LogP contribution in [0.2, 0.25) is 0 Å². The van der Waals surface area contributed by atoms with Gasteiger partial charge in [-0.2, -0.15) is 0 Å². The van der Waals surface area contributed by atoms with Gasteiger partial charge in [0.15, 0.2) is 0 Å². The number of nitrogens with zero attached hydrogens (tertiary/aromatic N) is 1. The molecule has 0 spiro atoms. The fraction of sp³-hybridized carbons (Fsp3) is 0.333. The van der Waals surface area contributed by atoms with Crippen LogP contribution < -0.4 is 10.6 Å². The van der Waals surface area contributed by atoms with Gasteiger partial charge in [0.2, 0.25) is 0 Å². The van der Waals surface area contributed by atoms with Gasteiger partial charge in [0.25, 0.3) is 5.69 Å². The summed E-state index contributed by atoms with van der Waals surface area (Å²) in [7, 11) is 0. The number of anilines is 1. The summed E-state index contributed by atoms with van der Waals surface area (Å²) in [5.74, 6) is 0. The molecular weight excluding hydrogens is 345 g/mol. The van der Waals surface area contributed by atoms with E-state index in [2.05, 4.69) is 39.3 Å². The van der Waals surface area contributed by atoms with Gasteiger partial charge in [0.1, 0.15) is 0 Å². The lowest BCUT2D eigenvalue weighted by Crippen LogP contribution is -2.23. The van der Waals surface area contributed by atoms with Crippen LogP contribution in [-0.4, -0.2) is 24.6 Å². The van der Waals surface area contributed by atoms with Crippen molar-refractivity contribution in [3.8, 4) is 0 Å². The predicted molar refractivity (Wildman–Crippen MR) is 79.9 cm³/mol. The summed E-state index contributed by atoms with van der Waals surface area (Å²) in [5.41, 5.74) is 2.45. The lowest BCUT2D eigenvalue weighted by molar-refractivity contribution is -0.384. The summed E-state index contributed by atoms with van der Waals surface area (Å²) in [6.45, 7) is 2.74. The number of nitrogens with one attached hydrogen (secondary N) is 2. The highest BCUT2D eigenvalue weighted by molar-refractivity contribution is 14.1. The average Bonchev–Trinajstić information content (AvgIpc) is 2.38. The first kappa shape index (κ1) is 13.3. The smallest absolute Gasteiger partial charge is 0.270 e. The molecule has 1 aromatic rings. The summed E-state index contributed by atoms with van der Waals surface area (Å²) >= 11 is 2.11. The van der Waals surface area contributed by atoms with Crippen molar-refractivity contribution in [2.45, 2.75) is 6.42 Å². The minimum atomic E-state index is -0.374. The Morgan fingerprint density at radius 2 is 2.33 bits per heavy atom. The van der Waals surface area contributed by atoms with E-state index in [0.717, 1.165) is 35.3 Å². The van der Waals surface area contributed by atoms with Gasteiger partial charge >= 0.3 is 0 Å². The second-order valence-corrected chi connectivity index (χ2v) is 5.25. The minimum Gasteiger partial charge on any atom is -0.380 e. The Morgan fingerprint density at radius 3 is 2.94 bits per heavy atom. The zero-order valence-electron chi connectivity index (χ0n) is 9.78. The van der Waals surface area contributed by atoms with E-state index in [1.807, 2.05) is 0 Å². The summed E-state index contributed by atoms with van der Waals surface area (Å²) in [6.07, 6.45) is 3.24. The SMILES string of the molecule is O=[N+]([O-])c1ccc(NCC2=CCNCC2)c(I)c1. The Morgan fingerprint density at radius 1 is 1.50 bits per heavy atom. The van der Waals surface area contributed by atoms with Gasteiger partial charge in [-0.15, -0.1) is 0 Å². The third-order valence-electron chi connectivity index (χ3n) is 2.83. The topological polar surface area (TPSA) is 67.2 Å². The molecule has 0 aromatic heterocycles. The molecule has 0 radical (unpaired) electrons. The Bertz CT molecular complexity index is 488. The number of rotatable bonds is 4. The third-order valence-corrected chi connectivity index (χ3v) is 3.72. The van der Waals surface area contributed by atoms with Crippen LogP contribution in [0.15, 0.2) is 29.8 Å². The highest BCUT2D eigenvalue weighted by Gasteiger charge is 2.09. The van der Waals surface area contributed by atoms with E-state index in [9.17, 15) is 10.1 Å². The van der Waals surface area contributed by atoms with Crippen LogP contribution in [-0.2, 0) is 0 Å². The molecular formula is C12H14IN3O2. The third kappa shape index (κ3) is 3.42. The molecule has 2 rings (SSSR count). The van der Waals surface area contributed by atoms with Crippen LogP contribution in [0.3, 0.4) is 0 Å². The van der Waals surface area contributed by atoms with Crippen molar-refractivity contribution in [3.63, 3.8) is 0 Å². The normalized spacial score (nSPS) is 15.1. The minimum absolute atomic E-state index is 0.131. The average molecular weight is 359 g/mol. The molecule has 1 aromatic carbocycles. The Balaban J connectivity index is 2.01. The summed E-state index contributed by atoms with van der Waals surface area (Å²) < 4.78 is 0.872. The van der Waals surface area contributed by atoms with Crippen LogP contribution in [0.5, 0.6) is 0 Å². The number of hydrogen-bond acceptors (Lipinski definition) is 4. The maximum Gasteiger partial charge on any atom is 0.270 e. The number of nitro benzene ring substituents is 1. The van der Waals surface area contributed by atoms with Crippen molar-refractivity contribution in [3.05, 3.63) is 43.5 Å². The molecule has 0 atom stereocenters. The van der Waals surface area contributed by atoms with Crippen molar-refractivity contribution < 1.29 is 4.92 Å². The molecule has 96 valence electrons. The van der Waals surface area contributed by atoms with Gasteiger partial charge in [-0.3, -0.25) is 10.1 Å². The first-order chi connectivity index (χ1) is 8.66. The van der Waals surface area contributed by atoms with Gasteiger partial charge < -0.3 is 10.6 Å². The van der Waals surface area contributed by atoms with Crippen LogP contribution >= 0.6 is 22.6 Å². The van der Waals surface area contributed by atoms with E-state index in [0.29, 0.717) is 0 Å². The maximum atomic E-state index is 10.6. The van der Waals surface area contributed by atoms with Gasteiger partial charge in [-0.1, -0.05) is 11.6 Å². The van der Waals surface area contributed by atoms with Crippen molar-refractivity contribution in [2.24, 2.45) is 0 Å². The van der Waals surface area contributed by atoms with Crippen molar-refractivity contribution in [1.82, 2.24) is 5.32 Å². The van der Waals surface area contributed by atoms with Gasteiger partial charge in [-0.25, -0.2) is 0 Å². The summed E-state index contributed by atoms with van der Waals surface area (Å²) in [4.78, 5) is 10.3. The number of hydrogen-bond donors (Lipinski definition) is 2. The van der Waals surface area contributed by atoms with Gasteiger partial charge in [-0.05, 0) is 41.6 Å². The zero-order valence-corrected chi connectivity index (χ0v) is 11.9. The Labute approximate surface area is 119 Å². The largest absolute Gasteiger partial charge is 0.380 e. The second-order valence-electron chi connectivity index (χ2n) is 4.09. The molecule has 0 bridgehead atoms. The molecule has 1 aliphatic heterocycles. The molecule has 2 N–H and O–H groups in total. The number of halogens is 1. The standard InChI is InChI=1S/C12H14IN3O2/c13-11-7-10(16(17)18)1-2-12(11)15-8-9-3-5-14-6-4-9/h1-3,7,14-15H,4-6,8H2.